The second-order valence-electron chi connectivity index (χ2n) is 3.47. The van der Waals surface area contributed by atoms with E-state index in [2.05, 4.69) is 11.9 Å². The number of nitrogens with one attached hydrogen (secondary N) is 1. The van der Waals surface area contributed by atoms with Crippen LogP contribution in [-0.4, -0.2) is 9.55 Å². The summed E-state index contributed by atoms with van der Waals surface area (Å²) in [6.07, 6.45) is 4.47. The summed E-state index contributed by atoms with van der Waals surface area (Å²) in [5.41, 5.74) is -0.627. The van der Waals surface area contributed by atoms with Crippen molar-refractivity contribution < 1.29 is 0 Å². The maximum atomic E-state index is 11.4. The minimum absolute atomic E-state index is 0.302. The van der Waals surface area contributed by atoms with Crippen LogP contribution in [0.1, 0.15) is 32.6 Å². The minimum atomic E-state index is -0.325. The van der Waals surface area contributed by atoms with Gasteiger partial charge in [-0.3, -0.25) is 14.3 Å². The van der Waals surface area contributed by atoms with Crippen molar-refractivity contribution in [2.45, 2.75) is 39.2 Å². The molecule has 0 fully saturated rings. The molecule has 0 aliphatic carbocycles. The van der Waals surface area contributed by atoms with Gasteiger partial charge in [-0.1, -0.05) is 26.2 Å². The summed E-state index contributed by atoms with van der Waals surface area (Å²) in [5.74, 6) is 0. The van der Waals surface area contributed by atoms with Gasteiger partial charge in [0, 0.05) is 12.6 Å². The van der Waals surface area contributed by atoms with Crippen LogP contribution in [-0.2, 0) is 6.54 Å². The van der Waals surface area contributed by atoms with E-state index in [4.69, 9.17) is 0 Å². The van der Waals surface area contributed by atoms with E-state index in [1.54, 1.807) is 4.57 Å². The summed E-state index contributed by atoms with van der Waals surface area (Å²) in [4.78, 5) is 24.7. The molecule has 4 nitrogen and oxygen atoms in total. The molecule has 0 radical (unpaired) electrons. The molecule has 0 saturated heterocycles. The lowest BCUT2D eigenvalue weighted by Gasteiger charge is -2.06. The summed E-state index contributed by atoms with van der Waals surface area (Å²) < 4.78 is 2.32. The summed E-state index contributed by atoms with van der Waals surface area (Å²) >= 11 is 2.02. The van der Waals surface area contributed by atoms with Gasteiger partial charge >= 0.3 is 5.69 Å². The Labute approximate surface area is 102 Å². The lowest BCUT2D eigenvalue weighted by molar-refractivity contribution is 0.551. The second kappa shape index (κ2) is 6.09. The number of aromatic nitrogens is 2. The summed E-state index contributed by atoms with van der Waals surface area (Å²) in [7, 11) is 0. The highest BCUT2D eigenvalue weighted by Crippen LogP contribution is 2.03. The van der Waals surface area contributed by atoms with Crippen LogP contribution in [0.25, 0.3) is 0 Å². The molecule has 0 atom stereocenters. The van der Waals surface area contributed by atoms with Gasteiger partial charge in [-0.15, -0.1) is 0 Å². The van der Waals surface area contributed by atoms with Gasteiger partial charge in [0.05, 0.1) is 3.70 Å². The second-order valence-corrected chi connectivity index (χ2v) is 4.58. The van der Waals surface area contributed by atoms with E-state index in [9.17, 15) is 9.59 Å². The highest BCUT2D eigenvalue weighted by Gasteiger charge is 2.02. The molecule has 84 valence electrons. The number of aromatic amines is 1. The first-order valence-electron chi connectivity index (χ1n) is 5.15. The lowest BCUT2D eigenvalue weighted by Crippen LogP contribution is -2.31. The number of hydrogen-bond acceptors (Lipinski definition) is 2. The number of H-pyrrole nitrogens is 1. The molecule has 0 aliphatic rings. The van der Waals surface area contributed by atoms with Gasteiger partial charge in [-0.25, -0.2) is 4.79 Å². The molecule has 0 amide bonds. The van der Waals surface area contributed by atoms with Crippen molar-refractivity contribution in [1.29, 1.82) is 0 Å². The summed E-state index contributed by atoms with van der Waals surface area (Å²) in [6.45, 7) is 2.84. The Morgan fingerprint density at radius 2 is 2.07 bits per heavy atom. The third-order valence-corrected chi connectivity index (χ3v) is 3.11. The Morgan fingerprint density at radius 1 is 1.33 bits per heavy atom. The van der Waals surface area contributed by atoms with Gasteiger partial charge in [0.1, 0.15) is 0 Å². The fraction of sp³-hybridized carbons (Fsp3) is 0.600. The van der Waals surface area contributed by atoms with Crippen LogP contribution in [0.2, 0.25) is 0 Å². The zero-order valence-corrected chi connectivity index (χ0v) is 10.9. The Bertz CT molecular complexity index is 422. The van der Waals surface area contributed by atoms with Crippen molar-refractivity contribution in [3.05, 3.63) is 30.6 Å². The van der Waals surface area contributed by atoms with Crippen molar-refractivity contribution in [2.75, 3.05) is 0 Å². The van der Waals surface area contributed by atoms with Crippen molar-refractivity contribution in [1.82, 2.24) is 9.55 Å². The van der Waals surface area contributed by atoms with Crippen LogP contribution in [0.5, 0.6) is 0 Å². The highest BCUT2D eigenvalue weighted by molar-refractivity contribution is 14.1. The molecule has 0 unspecified atom stereocenters. The fourth-order valence-electron chi connectivity index (χ4n) is 1.40. The van der Waals surface area contributed by atoms with E-state index in [0.29, 0.717) is 10.2 Å². The molecule has 0 bridgehead atoms. The van der Waals surface area contributed by atoms with Crippen molar-refractivity contribution in [3.63, 3.8) is 0 Å². The molecule has 0 saturated carbocycles. The highest BCUT2D eigenvalue weighted by atomic mass is 127. The Kier molecular flexibility index (Phi) is 5.07. The SMILES string of the molecule is CCCCCCn1c(I)cc(=O)[nH]c1=O. The third kappa shape index (κ3) is 3.81. The van der Waals surface area contributed by atoms with Crippen molar-refractivity contribution in [3.8, 4) is 0 Å². The van der Waals surface area contributed by atoms with Crippen LogP contribution >= 0.6 is 22.6 Å². The number of nitrogens with zero attached hydrogens (tertiary/aromatic N) is 1. The van der Waals surface area contributed by atoms with Crippen LogP contribution in [0, 0.1) is 3.70 Å². The Morgan fingerprint density at radius 3 is 2.67 bits per heavy atom. The van der Waals surface area contributed by atoms with Gasteiger partial charge in [0.2, 0.25) is 0 Å². The van der Waals surface area contributed by atoms with Gasteiger partial charge in [-0.2, -0.15) is 0 Å². The molecule has 0 spiro atoms. The average molecular weight is 322 g/mol. The predicted octanol–water partition coefficient (Wildman–Crippen LogP) is 1.72. The first-order valence-corrected chi connectivity index (χ1v) is 6.22. The van der Waals surface area contributed by atoms with Gasteiger partial charge in [-0.05, 0) is 29.0 Å². The maximum Gasteiger partial charge on any atom is 0.329 e. The van der Waals surface area contributed by atoms with E-state index >= 15 is 0 Å². The molecule has 1 aromatic heterocycles. The lowest BCUT2D eigenvalue weighted by atomic mass is 10.2. The molecule has 1 rings (SSSR count). The smallest absolute Gasteiger partial charge is 0.288 e. The van der Waals surface area contributed by atoms with E-state index in [-0.39, 0.29) is 11.2 Å². The molecule has 15 heavy (non-hydrogen) atoms. The monoisotopic (exact) mass is 322 g/mol. The summed E-state index contributed by atoms with van der Waals surface area (Å²) in [6, 6.07) is 1.45. The third-order valence-electron chi connectivity index (χ3n) is 2.22. The van der Waals surface area contributed by atoms with Gasteiger partial charge in [0.25, 0.3) is 5.56 Å². The fourth-order valence-corrected chi connectivity index (χ4v) is 2.14. The van der Waals surface area contributed by atoms with Crippen molar-refractivity contribution >= 4 is 22.6 Å². The molecule has 1 N–H and O–H groups in total. The van der Waals surface area contributed by atoms with E-state index in [0.717, 1.165) is 12.8 Å². The van der Waals surface area contributed by atoms with E-state index < -0.39 is 0 Å². The maximum absolute atomic E-state index is 11.4. The molecule has 0 aliphatic heterocycles. The van der Waals surface area contributed by atoms with Crippen LogP contribution < -0.4 is 11.2 Å². The summed E-state index contributed by atoms with van der Waals surface area (Å²) in [5, 5.41) is 0. The number of rotatable bonds is 5. The minimum Gasteiger partial charge on any atom is -0.288 e. The molecular formula is C10H15IN2O2. The standard InChI is InChI=1S/C10H15IN2O2/c1-2-3-4-5-6-13-8(11)7-9(14)12-10(13)15/h7H,2-6H2,1H3,(H,12,14,15). The first kappa shape index (κ1) is 12.5. The predicted molar refractivity (Wildman–Crippen MR) is 68.2 cm³/mol. The topological polar surface area (TPSA) is 54.9 Å². The van der Waals surface area contributed by atoms with Gasteiger partial charge in [0.15, 0.2) is 0 Å². The average Bonchev–Trinajstić information content (AvgIpc) is 2.15. The molecule has 1 heterocycles. The Balaban J connectivity index is 2.69. The quantitative estimate of drug-likeness (QED) is 0.510. The normalized spacial score (nSPS) is 10.5. The van der Waals surface area contributed by atoms with E-state index in [1.807, 2.05) is 22.6 Å². The number of unbranched alkanes of at least 4 members (excludes halogenated alkanes) is 3. The molecular weight excluding hydrogens is 307 g/mol. The molecule has 1 aromatic rings. The van der Waals surface area contributed by atoms with Crippen LogP contribution in [0.15, 0.2) is 15.7 Å². The van der Waals surface area contributed by atoms with Crippen molar-refractivity contribution in [2.24, 2.45) is 0 Å². The van der Waals surface area contributed by atoms with E-state index in [1.165, 1.54) is 18.9 Å². The largest absolute Gasteiger partial charge is 0.329 e. The number of halogens is 1. The first-order chi connectivity index (χ1) is 7.15. The zero-order valence-electron chi connectivity index (χ0n) is 8.75. The van der Waals surface area contributed by atoms with Crippen LogP contribution in [0.3, 0.4) is 0 Å². The molecule has 5 heteroatoms. The number of hydrogen-bond donors (Lipinski definition) is 1. The van der Waals surface area contributed by atoms with Gasteiger partial charge < -0.3 is 0 Å². The van der Waals surface area contributed by atoms with Crippen LogP contribution in [0.4, 0.5) is 0 Å². The molecule has 0 aromatic carbocycles. The Hall–Kier alpha value is -0.590. The zero-order chi connectivity index (χ0) is 11.3.